The van der Waals surface area contributed by atoms with E-state index in [1.54, 1.807) is 23.9 Å². The average Bonchev–Trinajstić information content (AvgIpc) is 3.79. The molecule has 232 valence electrons. The lowest BCUT2D eigenvalue weighted by molar-refractivity contribution is -0.131. The van der Waals surface area contributed by atoms with Crippen LogP contribution in [0.15, 0.2) is 54.0 Å². The smallest absolute Gasteiger partial charge is 0.251 e. The number of thiophene rings is 1. The quantitative estimate of drug-likeness (QED) is 0.151. The molecule has 14 heteroatoms. The van der Waals surface area contributed by atoms with Gasteiger partial charge in [0.2, 0.25) is 0 Å². The number of hydrogen-bond donors (Lipinski definition) is 5. The Morgan fingerprint density at radius 1 is 1.13 bits per heavy atom. The molecule has 0 aliphatic carbocycles. The highest BCUT2D eigenvalue weighted by atomic mass is 32.1. The summed E-state index contributed by atoms with van der Waals surface area (Å²) in [4.78, 5) is 17.2. The molecule has 2 aromatic carbocycles. The number of benzene rings is 2. The number of nitrogens with one attached hydrogen (secondary N) is 2. The average molecular weight is 635 g/mol. The first-order chi connectivity index (χ1) is 21.7. The molecule has 11 nitrogen and oxygen atoms in total. The van der Waals surface area contributed by atoms with E-state index in [0.29, 0.717) is 32.7 Å². The molecule has 2 unspecified atom stereocenters. The van der Waals surface area contributed by atoms with E-state index in [1.807, 2.05) is 36.7 Å². The second-order valence-corrected chi connectivity index (χ2v) is 11.3. The predicted molar refractivity (Wildman–Crippen MR) is 164 cm³/mol. The lowest BCUT2D eigenvalue weighted by atomic mass is 9.96. The highest BCUT2D eigenvalue weighted by Gasteiger charge is 2.27. The number of rotatable bonds is 10. The lowest BCUT2D eigenvalue weighted by Gasteiger charge is -2.17. The van der Waals surface area contributed by atoms with E-state index in [9.17, 15) is 19.4 Å². The van der Waals surface area contributed by atoms with Crippen molar-refractivity contribution in [3.63, 3.8) is 0 Å². The van der Waals surface area contributed by atoms with Crippen LogP contribution in [0.2, 0.25) is 0 Å². The molecule has 5 N–H and O–H groups in total. The van der Waals surface area contributed by atoms with Crippen molar-refractivity contribution in [2.45, 2.75) is 19.1 Å². The Morgan fingerprint density at radius 3 is 2.73 bits per heavy atom. The van der Waals surface area contributed by atoms with Gasteiger partial charge in [-0.3, -0.25) is 14.6 Å². The molecule has 0 saturated heterocycles. The van der Waals surface area contributed by atoms with Crippen LogP contribution in [0.25, 0.3) is 54.8 Å². The molecule has 0 spiro atoms. The largest absolute Gasteiger partial charge is 0.490 e. The molecule has 6 rings (SSSR count). The molecule has 1 amide bonds. The second kappa shape index (κ2) is 12.3. The van der Waals surface area contributed by atoms with Gasteiger partial charge in [-0.25, -0.2) is 13.8 Å². The fourth-order valence-corrected chi connectivity index (χ4v) is 6.13. The summed E-state index contributed by atoms with van der Waals surface area (Å²) in [5, 5.41) is 45.9. The van der Waals surface area contributed by atoms with Crippen molar-refractivity contribution >= 4 is 38.2 Å². The number of carbonyl (C=O) groups is 1. The number of H-pyrrole nitrogens is 1. The maximum Gasteiger partial charge on any atom is 0.251 e. The van der Waals surface area contributed by atoms with Crippen molar-refractivity contribution in [3.8, 4) is 39.5 Å². The number of halogens is 2. The number of ether oxygens (including phenoxy) is 1. The monoisotopic (exact) mass is 634 g/mol. The summed E-state index contributed by atoms with van der Waals surface area (Å²) in [5.74, 6) is -2.62. The molecular weight excluding hydrogens is 606 g/mol. The molecule has 4 aromatic heterocycles. The summed E-state index contributed by atoms with van der Waals surface area (Å²) >= 11 is 1.34. The van der Waals surface area contributed by atoms with Crippen LogP contribution in [-0.2, 0) is 11.8 Å². The number of pyridine rings is 1. The van der Waals surface area contributed by atoms with E-state index in [0.717, 1.165) is 28.6 Å². The number of aliphatic hydroxyl groups is 3. The maximum absolute atomic E-state index is 15.8. The Labute approximate surface area is 258 Å². The summed E-state index contributed by atoms with van der Waals surface area (Å²) < 4.78 is 38.3. The minimum absolute atomic E-state index is 0.0500. The molecule has 0 radical (unpaired) electrons. The molecule has 0 saturated carbocycles. The Kier molecular flexibility index (Phi) is 8.29. The van der Waals surface area contributed by atoms with Gasteiger partial charge in [-0.05, 0) is 36.6 Å². The van der Waals surface area contributed by atoms with Gasteiger partial charge in [0.25, 0.3) is 5.91 Å². The summed E-state index contributed by atoms with van der Waals surface area (Å²) in [6.07, 6.45) is 0.156. The van der Waals surface area contributed by atoms with Crippen LogP contribution in [0, 0.1) is 11.6 Å². The van der Waals surface area contributed by atoms with E-state index in [4.69, 9.17) is 14.8 Å². The van der Waals surface area contributed by atoms with E-state index in [-0.39, 0.29) is 30.2 Å². The van der Waals surface area contributed by atoms with Crippen molar-refractivity contribution in [2.75, 3.05) is 19.8 Å². The highest BCUT2D eigenvalue weighted by Crippen LogP contribution is 2.47. The van der Waals surface area contributed by atoms with E-state index in [2.05, 4.69) is 20.6 Å². The minimum Gasteiger partial charge on any atom is -0.490 e. The van der Waals surface area contributed by atoms with Crippen molar-refractivity contribution in [3.05, 3.63) is 71.4 Å². The maximum atomic E-state index is 15.8. The van der Waals surface area contributed by atoms with Crippen LogP contribution in [0.5, 0.6) is 5.75 Å². The molecule has 0 bridgehead atoms. The molecular formula is C31H28F2N6O5S. The summed E-state index contributed by atoms with van der Waals surface area (Å²) in [5.41, 5.74) is 3.54. The SMILES string of the molecule is CC(NC(=O)C(O)CO)c1cc(-c2nc(-c3ccc4c(cnn4C)c3)c3ccsc3c2-c2c(F)cc(F)cc2OCCO)n[nH]1. The zero-order chi connectivity index (χ0) is 31.8. The minimum atomic E-state index is -1.59. The van der Waals surface area contributed by atoms with Gasteiger partial charge in [0.1, 0.15) is 35.4 Å². The first-order valence-electron chi connectivity index (χ1n) is 13.9. The number of fused-ring (bicyclic) bond motifs is 2. The molecule has 2 atom stereocenters. The van der Waals surface area contributed by atoms with Gasteiger partial charge in [0.15, 0.2) is 6.10 Å². The Hall–Kier alpha value is -4.76. The molecule has 0 aliphatic rings. The van der Waals surface area contributed by atoms with Crippen molar-refractivity contribution < 1.29 is 33.6 Å². The molecule has 6 aromatic rings. The van der Waals surface area contributed by atoms with Gasteiger partial charge >= 0.3 is 0 Å². The van der Waals surface area contributed by atoms with Crippen LogP contribution in [0.4, 0.5) is 8.78 Å². The van der Waals surface area contributed by atoms with E-state index >= 15 is 4.39 Å². The van der Waals surface area contributed by atoms with Gasteiger partial charge < -0.3 is 25.4 Å². The first-order valence-corrected chi connectivity index (χ1v) is 14.8. The first kappa shape index (κ1) is 30.3. The zero-order valence-electron chi connectivity index (χ0n) is 24.1. The molecule has 0 aliphatic heterocycles. The Balaban J connectivity index is 1.59. The zero-order valence-corrected chi connectivity index (χ0v) is 24.9. The van der Waals surface area contributed by atoms with E-state index < -0.39 is 36.3 Å². The van der Waals surface area contributed by atoms with Gasteiger partial charge in [0.05, 0.1) is 47.9 Å². The highest BCUT2D eigenvalue weighted by molar-refractivity contribution is 7.18. The molecule has 4 heterocycles. The summed E-state index contributed by atoms with van der Waals surface area (Å²) in [6.45, 7) is 0.354. The number of aromatic amines is 1. The van der Waals surface area contributed by atoms with Gasteiger partial charge in [-0.1, -0.05) is 6.07 Å². The molecule has 0 fully saturated rings. The fraction of sp³-hybridized carbons (Fsp3) is 0.226. The van der Waals surface area contributed by atoms with Crippen LogP contribution in [0.1, 0.15) is 18.7 Å². The summed E-state index contributed by atoms with van der Waals surface area (Å²) in [7, 11) is 1.85. The molecule has 45 heavy (non-hydrogen) atoms. The number of hydrogen-bond acceptors (Lipinski definition) is 9. The third-order valence-corrected chi connectivity index (χ3v) is 8.32. The number of aryl methyl sites for hydroxylation is 1. The number of nitrogens with zero attached hydrogens (tertiary/aromatic N) is 4. The van der Waals surface area contributed by atoms with Crippen molar-refractivity contribution in [1.82, 2.24) is 30.3 Å². The third kappa shape index (κ3) is 5.64. The van der Waals surface area contributed by atoms with Gasteiger partial charge in [-0.15, -0.1) is 11.3 Å². The van der Waals surface area contributed by atoms with Crippen LogP contribution >= 0.6 is 11.3 Å². The third-order valence-electron chi connectivity index (χ3n) is 7.39. The fourth-order valence-electron chi connectivity index (χ4n) is 5.19. The standard InChI is InChI=1S/C31H28F2N6O5S/c1-15(35-31(43)24(42)14-41)21-12-22(38-37-21)29-27(26-20(33)10-18(32)11-25(26)44-7-6-40)30-19(5-8-45-30)28(36-29)16-3-4-23-17(9-16)13-34-39(23)2/h3-5,8-13,15,24,40-42H,6-7,14H2,1-2H3,(H,35,43)(H,37,38). The lowest BCUT2D eigenvalue weighted by Crippen LogP contribution is -2.38. The Bertz CT molecular complexity index is 2040. The van der Waals surface area contributed by atoms with Gasteiger partial charge in [0, 0.05) is 45.8 Å². The van der Waals surface area contributed by atoms with Crippen LogP contribution < -0.4 is 10.1 Å². The summed E-state index contributed by atoms with van der Waals surface area (Å²) in [6, 6.07) is 10.5. The normalized spacial score (nSPS) is 13.0. The predicted octanol–water partition coefficient (Wildman–Crippen LogP) is 4.09. The number of aromatic nitrogens is 5. The van der Waals surface area contributed by atoms with E-state index in [1.165, 1.54) is 11.3 Å². The topological polar surface area (TPSA) is 158 Å². The number of amides is 1. The van der Waals surface area contributed by atoms with Crippen LogP contribution in [0.3, 0.4) is 0 Å². The van der Waals surface area contributed by atoms with Crippen LogP contribution in [-0.4, -0.2) is 72.1 Å². The van der Waals surface area contributed by atoms with Crippen molar-refractivity contribution in [2.24, 2.45) is 7.05 Å². The second-order valence-electron chi connectivity index (χ2n) is 10.4. The number of carbonyl (C=O) groups excluding carboxylic acids is 1. The Morgan fingerprint density at radius 2 is 1.96 bits per heavy atom. The number of aliphatic hydroxyl groups excluding tert-OH is 3. The van der Waals surface area contributed by atoms with Gasteiger partial charge in [-0.2, -0.15) is 10.2 Å². The van der Waals surface area contributed by atoms with Crippen molar-refractivity contribution in [1.29, 1.82) is 0 Å².